The van der Waals surface area contributed by atoms with Crippen LogP contribution in [0.4, 0.5) is 5.69 Å². The minimum absolute atomic E-state index is 0.0815. The predicted molar refractivity (Wildman–Crippen MR) is 154 cm³/mol. The highest BCUT2D eigenvalue weighted by atomic mass is 32.2. The molecular formula is C30H37N3O5S. The summed E-state index contributed by atoms with van der Waals surface area (Å²) in [4.78, 5) is 28.3. The van der Waals surface area contributed by atoms with Gasteiger partial charge in [-0.25, -0.2) is 8.42 Å². The summed E-state index contributed by atoms with van der Waals surface area (Å²) >= 11 is 0. The molecule has 3 rings (SSSR count). The van der Waals surface area contributed by atoms with Crippen LogP contribution in [0.25, 0.3) is 0 Å². The molecule has 1 N–H and O–H groups in total. The number of likely N-dealkylation sites (N-methyl/N-ethyl adjacent to an activating group) is 1. The third kappa shape index (κ3) is 8.85. The van der Waals surface area contributed by atoms with E-state index in [2.05, 4.69) is 5.32 Å². The Morgan fingerprint density at radius 1 is 0.897 bits per heavy atom. The van der Waals surface area contributed by atoms with Crippen molar-refractivity contribution in [1.82, 2.24) is 10.2 Å². The number of carbonyl (C=O) groups is 2. The molecule has 0 fully saturated rings. The first kappa shape index (κ1) is 29.7. The van der Waals surface area contributed by atoms with Gasteiger partial charge in [-0.2, -0.15) is 0 Å². The molecule has 208 valence electrons. The summed E-state index contributed by atoms with van der Waals surface area (Å²) in [5, 5.41) is 2.71. The minimum atomic E-state index is -3.58. The van der Waals surface area contributed by atoms with Crippen molar-refractivity contribution in [2.45, 2.75) is 38.8 Å². The standard InChI is InChI=1S/C30H37N3O5S/c1-4-38-27-19-17-26(18-20-27)33(39(3,36)37)21-11-16-29(34)32(23-25-14-9-6-10-15-25)28(30(35)31-2)22-24-12-7-5-8-13-24/h5-10,12-15,17-20,28H,4,11,16,21-23H2,1-3H3,(H,31,35)/t28-/m1/s1. The van der Waals surface area contributed by atoms with Crippen molar-refractivity contribution >= 4 is 27.5 Å². The van der Waals surface area contributed by atoms with Crippen molar-refractivity contribution in [1.29, 1.82) is 0 Å². The van der Waals surface area contributed by atoms with Crippen molar-refractivity contribution in [3.05, 3.63) is 96.1 Å². The molecule has 0 bridgehead atoms. The van der Waals surface area contributed by atoms with E-state index < -0.39 is 16.1 Å². The van der Waals surface area contributed by atoms with Crippen LogP contribution in [0.1, 0.15) is 30.9 Å². The first-order valence-corrected chi connectivity index (χ1v) is 14.9. The van der Waals surface area contributed by atoms with Gasteiger partial charge < -0.3 is 15.0 Å². The maximum Gasteiger partial charge on any atom is 0.242 e. The van der Waals surface area contributed by atoms with E-state index in [0.717, 1.165) is 17.4 Å². The van der Waals surface area contributed by atoms with Crippen LogP contribution in [-0.4, -0.2) is 57.6 Å². The van der Waals surface area contributed by atoms with Gasteiger partial charge in [-0.3, -0.25) is 13.9 Å². The second kappa shape index (κ2) is 14.3. The molecule has 0 aromatic heterocycles. The molecule has 0 aliphatic rings. The van der Waals surface area contributed by atoms with Crippen LogP contribution in [0.2, 0.25) is 0 Å². The van der Waals surface area contributed by atoms with E-state index in [1.165, 1.54) is 4.31 Å². The minimum Gasteiger partial charge on any atom is -0.494 e. The van der Waals surface area contributed by atoms with Gasteiger partial charge in [-0.1, -0.05) is 60.7 Å². The molecule has 0 aliphatic heterocycles. The number of hydrogen-bond acceptors (Lipinski definition) is 5. The van der Waals surface area contributed by atoms with Crippen molar-refractivity contribution in [2.24, 2.45) is 0 Å². The van der Waals surface area contributed by atoms with E-state index >= 15 is 0 Å². The normalized spacial score (nSPS) is 11.9. The number of sulfonamides is 1. The average molecular weight is 552 g/mol. The largest absolute Gasteiger partial charge is 0.494 e. The number of amides is 2. The number of carbonyl (C=O) groups excluding carboxylic acids is 2. The van der Waals surface area contributed by atoms with Crippen LogP contribution in [-0.2, 0) is 32.6 Å². The zero-order valence-electron chi connectivity index (χ0n) is 22.7. The quantitative estimate of drug-likeness (QED) is 0.327. The molecule has 0 radical (unpaired) electrons. The molecule has 1 atom stereocenters. The summed E-state index contributed by atoms with van der Waals surface area (Å²) < 4.78 is 31.9. The zero-order chi connectivity index (χ0) is 28.3. The second-order valence-electron chi connectivity index (χ2n) is 9.19. The van der Waals surface area contributed by atoms with Gasteiger partial charge in [0.2, 0.25) is 21.8 Å². The van der Waals surface area contributed by atoms with Crippen molar-refractivity contribution in [3.8, 4) is 5.75 Å². The Kier molecular flexibility index (Phi) is 10.9. The van der Waals surface area contributed by atoms with Crippen molar-refractivity contribution in [3.63, 3.8) is 0 Å². The number of nitrogens with one attached hydrogen (secondary N) is 1. The van der Waals surface area contributed by atoms with Crippen LogP contribution in [0, 0.1) is 0 Å². The van der Waals surface area contributed by atoms with Gasteiger partial charge in [-0.15, -0.1) is 0 Å². The fourth-order valence-electron chi connectivity index (χ4n) is 4.38. The summed E-state index contributed by atoms with van der Waals surface area (Å²) in [6, 6.07) is 25.2. The van der Waals surface area contributed by atoms with Gasteiger partial charge in [-0.05, 0) is 48.7 Å². The smallest absolute Gasteiger partial charge is 0.242 e. The molecule has 0 unspecified atom stereocenters. The molecular weight excluding hydrogens is 514 g/mol. The van der Waals surface area contributed by atoms with Gasteiger partial charge in [0.15, 0.2) is 0 Å². The fraction of sp³-hybridized carbons (Fsp3) is 0.333. The first-order chi connectivity index (χ1) is 18.7. The van der Waals surface area contributed by atoms with Crippen LogP contribution >= 0.6 is 0 Å². The highest BCUT2D eigenvalue weighted by molar-refractivity contribution is 7.92. The fourth-order valence-corrected chi connectivity index (χ4v) is 5.35. The molecule has 2 amide bonds. The van der Waals surface area contributed by atoms with Gasteiger partial charge in [0, 0.05) is 33.0 Å². The molecule has 8 nitrogen and oxygen atoms in total. The van der Waals surface area contributed by atoms with Crippen LogP contribution in [0.5, 0.6) is 5.75 Å². The Bertz CT molecular complexity index is 1300. The summed E-state index contributed by atoms with van der Waals surface area (Å²) in [5.74, 6) is 0.180. The van der Waals surface area contributed by atoms with Gasteiger partial charge in [0.05, 0.1) is 18.6 Å². The first-order valence-electron chi connectivity index (χ1n) is 13.0. The third-order valence-electron chi connectivity index (χ3n) is 6.30. The SMILES string of the molecule is CCOc1ccc(N(CCCC(=O)N(Cc2ccccc2)[C@H](Cc2ccccc2)C(=O)NC)S(C)(=O)=O)cc1. The average Bonchev–Trinajstić information content (AvgIpc) is 2.93. The molecule has 9 heteroatoms. The highest BCUT2D eigenvalue weighted by Gasteiger charge is 2.30. The van der Waals surface area contributed by atoms with Crippen LogP contribution in [0.3, 0.4) is 0 Å². The van der Waals surface area contributed by atoms with Gasteiger partial charge in [0.25, 0.3) is 0 Å². The topological polar surface area (TPSA) is 96.0 Å². The highest BCUT2D eigenvalue weighted by Crippen LogP contribution is 2.23. The van der Waals surface area contributed by atoms with E-state index in [1.54, 1.807) is 36.2 Å². The molecule has 0 aliphatic carbocycles. The number of hydrogen-bond donors (Lipinski definition) is 1. The molecule has 0 heterocycles. The Hall–Kier alpha value is -3.85. The molecule has 39 heavy (non-hydrogen) atoms. The van der Waals surface area contributed by atoms with Crippen LogP contribution in [0.15, 0.2) is 84.9 Å². The van der Waals surface area contributed by atoms with Gasteiger partial charge >= 0.3 is 0 Å². The predicted octanol–water partition coefficient (Wildman–Crippen LogP) is 4.02. The second-order valence-corrected chi connectivity index (χ2v) is 11.1. The maximum atomic E-state index is 13.6. The Labute approximate surface area is 231 Å². The third-order valence-corrected chi connectivity index (χ3v) is 7.50. The summed E-state index contributed by atoms with van der Waals surface area (Å²) in [7, 11) is -2.02. The lowest BCUT2D eigenvalue weighted by molar-refractivity contribution is -0.141. The van der Waals surface area contributed by atoms with Crippen LogP contribution < -0.4 is 14.4 Å². The molecule has 0 spiro atoms. The number of anilines is 1. The molecule has 3 aromatic rings. The van der Waals surface area contributed by atoms with Crippen molar-refractivity contribution in [2.75, 3.05) is 30.8 Å². The monoisotopic (exact) mass is 551 g/mol. The molecule has 0 saturated heterocycles. The van der Waals surface area contributed by atoms with E-state index in [0.29, 0.717) is 24.5 Å². The lowest BCUT2D eigenvalue weighted by Gasteiger charge is -2.31. The number of nitrogens with zero attached hydrogens (tertiary/aromatic N) is 2. The summed E-state index contributed by atoms with van der Waals surface area (Å²) in [6.45, 7) is 2.78. The van der Waals surface area contributed by atoms with Gasteiger partial charge in [0.1, 0.15) is 11.8 Å². The number of benzene rings is 3. The van der Waals surface area contributed by atoms with E-state index in [4.69, 9.17) is 4.74 Å². The Morgan fingerprint density at radius 2 is 1.49 bits per heavy atom. The maximum absolute atomic E-state index is 13.6. The van der Waals surface area contributed by atoms with E-state index in [9.17, 15) is 18.0 Å². The van der Waals surface area contributed by atoms with E-state index in [-0.39, 0.29) is 37.7 Å². The number of rotatable bonds is 14. The Morgan fingerprint density at radius 3 is 2.03 bits per heavy atom. The lowest BCUT2D eigenvalue weighted by Crippen LogP contribution is -2.49. The summed E-state index contributed by atoms with van der Waals surface area (Å²) in [5.41, 5.74) is 2.34. The van der Waals surface area contributed by atoms with Crippen molar-refractivity contribution < 1.29 is 22.7 Å². The molecule has 0 saturated carbocycles. The number of ether oxygens (including phenoxy) is 1. The molecule has 3 aromatic carbocycles. The van der Waals surface area contributed by atoms with E-state index in [1.807, 2.05) is 67.6 Å². The Balaban J connectivity index is 1.80. The lowest BCUT2D eigenvalue weighted by atomic mass is 10.0. The zero-order valence-corrected chi connectivity index (χ0v) is 23.6. The summed E-state index contributed by atoms with van der Waals surface area (Å²) in [6.07, 6.45) is 1.88.